The SMILES string of the molecule is CCNC(C)c1ccc2c(c1)-c1ccccc1C2. The molecule has 1 aliphatic carbocycles. The Morgan fingerprint density at radius 3 is 2.67 bits per heavy atom. The number of rotatable bonds is 3. The van der Waals surface area contributed by atoms with Crippen molar-refractivity contribution in [1.29, 1.82) is 0 Å². The second-order valence-corrected chi connectivity index (χ2v) is 5.03. The fourth-order valence-electron chi connectivity index (χ4n) is 2.83. The zero-order valence-corrected chi connectivity index (χ0v) is 11.0. The van der Waals surface area contributed by atoms with Gasteiger partial charge in [-0.3, -0.25) is 0 Å². The second-order valence-electron chi connectivity index (χ2n) is 5.03. The van der Waals surface area contributed by atoms with Crippen LogP contribution in [0.15, 0.2) is 42.5 Å². The van der Waals surface area contributed by atoms with Crippen LogP contribution in [-0.2, 0) is 6.42 Å². The molecular weight excluding hydrogens is 218 g/mol. The maximum Gasteiger partial charge on any atom is 0.0291 e. The van der Waals surface area contributed by atoms with Crippen LogP contribution in [0.3, 0.4) is 0 Å². The van der Waals surface area contributed by atoms with E-state index >= 15 is 0 Å². The van der Waals surface area contributed by atoms with Gasteiger partial charge in [-0.1, -0.05) is 43.3 Å². The normalized spacial score (nSPS) is 14.1. The van der Waals surface area contributed by atoms with Crippen LogP contribution in [0.1, 0.15) is 36.6 Å². The van der Waals surface area contributed by atoms with Crippen LogP contribution in [0, 0.1) is 0 Å². The lowest BCUT2D eigenvalue weighted by Crippen LogP contribution is -2.17. The van der Waals surface area contributed by atoms with Gasteiger partial charge >= 0.3 is 0 Å². The summed E-state index contributed by atoms with van der Waals surface area (Å²) in [5.74, 6) is 0. The first kappa shape index (κ1) is 11.5. The second kappa shape index (κ2) is 4.58. The first-order valence-electron chi connectivity index (χ1n) is 6.74. The van der Waals surface area contributed by atoms with E-state index in [0.717, 1.165) is 13.0 Å². The summed E-state index contributed by atoms with van der Waals surface area (Å²) in [4.78, 5) is 0. The minimum Gasteiger partial charge on any atom is -0.310 e. The zero-order valence-electron chi connectivity index (χ0n) is 11.0. The number of benzene rings is 2. The lowest BCUT2D eigenvalue weighted by Gasteiger charge is -2.14. The predicted molar refractivity (Wildman–Crippen MR) is 76.8 cm³/mol. The van der Waals surface area contributed by atoms with Crippen LogP contribution < -0.4 is 5.32 Å². The maximum absolute atomic E-state index is 3.48. The number of fused-ring (bicyclic) bond motifs is 3. The zero-order chi connectivity index (χ0) is 12.5. The van der Waals surface area contributed by atoms with Gasteiger partial charge in [0.05, 0.1) is 0 Å². The van der Waals surface area contributed by atoms with Gasteiger partial charge in [-0.05, 0) is 53.8 Å². The van der Waals surface area contributed by atoms with Crippen molar-refractivity contribution in [3.8, 4) is 11.1 Å². The molecule has 92 valence electrons. The highest BCUT2D eigenvalue weighted by Crippen LogP contribution is 2.37. The fourth-order valence-corrected chi connectivity index (χ4v) is 2.83. The minimum atomic E-state index is 0.424. The van der Waals surface area contributed by atoms with Gasteiger partial charge in [0.25, 0.3) is 0 Å². The molecule has 2 aromatic carbocycles. The summed E-state index contributed by atoms with van der Waals surface area (Å²) >= 11 is 0. The van der Waals surface area contributed by atoms with Crippen molar-refractivity contribution in [2.24, 2.45) is 0 Å². The molecular formula is C17H19N. The van der Waals surface area contributed by atoms with Gasteiger partial charge in [-0.15, -0.1) is 0 Å². The van der Waals surface area contributed by atoms with E-state index in [2.05, 4.69) is 61.6 Å². The molecule has 0 saturated heterocycles. The van der Waals surface area contributed by atoms with Crippen LogP contribution in [0.2, 0.25) is 0 Å². The molecule has 1 aliphatic rings. The Balaban J connectivity index is 2.03. The Bertz CT molecular complexity index is 572. The third-order valence-electron chi connectivity index (χ3n) is 3.83. The molecule has 0 bridgehead atoms. The van der Waals surface area contributed by atoms with E-state index in [1.165, 1.54) is 27.8 Å². The van der Waals surface area contributed by atoms with Crippen molar-refractivity contribution in [3.63, 3.8) is 0 Å². The van der Waals surface area contributed by atoms with Crippen LogP contribution in [0.25, 0.3) is 11.1 Å². The quantitative estimate of drug-likeness (QED) is 0.728. The van der Waals surface area contributed by atoms with E-state index in [1.807, 2.05) is 0 Å². The Morgan fingerprint density at radius 1 is 1.06 bits per heavy atom. The summed E-state index contributed by atoms with van der Waals surface area (Å²) in [6.07, 6.45) is 1.08. The van der Waals surface area contributed by atoms with Gasteiger partial charge in [0.1, 0.15) is 0 Å². The van der Waals surface area contributed by atoms with Crippen LogP contribution in [0.4, 0.5) is 0 Å². The summed E-state index contributed by atoms with van der Waals surface area (Å²) in [5, 5.41) is 3.48. The molecule has 0 spiro atoms. The van der Waals surface area contributed by atoms with Gasteiger partial charge in [0, 0.05) is 6.04 Å². The Kier molecular flexibility index (Phi) is 2.92. The third kappa shape index (κ3) is 1.85. The molecule has 0 heterocycles. The van der Waals surface area contributed by atoms with Crippen molar-refractivity contribution in [1.82, 2.24) is 5.32 Å². The molecule has 0 saturated carbocycles. The lowest BCUT2D eigenvalue weighted by molar-refractivity contribution is 0.598. The monoisotopic (exact) mass is 237 g/mol. The average molecular weight is 237 g/mol. The maximum atomic E-state index is 3.48. The lowest BCUT2D eigenvalue weighted by atomic mass is 10.00. The molecule has 0 fully saturated rings. The number of nitrogens with one attached hydrogen (secondary N) is 1. The van der Waals surface area contributed by atoms with E-state index in [-0.39, 0.29) is 0 Å². The molecule has 3 rings (SSSR count). The van der Waals surface area contributed by atoms with Crippen LogP contribution >= 0.6 is 0 Å². The molecule has 0 radical (unpaired) electrons. The summed E-state index contributed by atoms with van der Waals surface area (Å²) in [7, 11) is 0. The average Bonchev–Trinajstić information content (AvgIpc) is 2.76. The Morgan fingerprint density at radius 2 is 1.83 bits per heavy atom. The molecule has 18 heavy (non-hydrogen) atoms. The smallest absolute Gasteiger partial charge is 0.0291 e. The van der Waals surface area contributed by atoms with E-state index in [9.17, 15) is 0 Å². The molecule has 2 aromatic rings. The van der Waals surface area contributed by atoms with Gasteiger partial charge in [-0.25, -0.2) is 0 Å². The fraction of sp³-hybridized carbons (Fsp3) is 0.294. The van der Waals surface area contributed by atoms with E-state index < -0.39 is 0 Å². The summed E-state index contributed by atoms with van der Waals surface area (Å²) in [6.45, 7) is 5.39. The molecule has 1 atom stereocenters. The molecule has 1 nitrogen and oxygen atoms in total. The van der Waals surface area contributed by atoms with E-state index in [0.29, 0.717) is 6.04 Å². The highest BCUT2D eigenvalue weighted by molar-refractivity contribution is 5.77. The topological polar surface area (TPSA) is 12.0 Å². The van der Waals surface area contributed by atoms with Gasteiger partial charge in [0.15, 0.2) is 0 Å². The molecule has 0 aliphatic heterocycles. The van der Waals surface area contributed by atoms with Gasteiger partial charge in [-0.2, -0.15) is 0 Å². The first-order chi connectivity index (χ1) is 8.79. The highest BCUT2D eigenvalue weighted by atomic mass is 14.9. The molecule has 0 amide bonds. The van der Waals surface area contributed by atoms with E-state index in [1.54, 1.807) is 0 Å². The van der Waals surface area contributed by atoms with Crippen molar-refractivity contribution >= 4 is 0 Å². The molecule has 0 aromatic heterocycles. The van der Waals surface area contributed by atoms with Crippen molar-refractivity contribution in [3.05, 3.63) is 59.2 Å². The standard InChI is InChI=1S/C17H19N/c1-3-18-12(2)13-8-9-15-10-14-6-4-5-7-16(14)17(15)11-13/h4-9,11-12,18H,3,10H2,1-2H3. The third-order valence-corrected chi connectivity index (χ3v) is 3.83. The number of hydrogen-bond donors (Lipinski definition) is 1. The largest absolute Gasteiger partial charge is 0.310 e. The molecule has 1 N–H and O–H groups in total. The number of hydrogen-bond acceptors (Lipinski definition) is 1. The van der Waals surface area contributed by atoms with Crippen LogP contribution in [-0.4, -0.2) is 6.54 Å². The summed E-state index contributed by atoms with van der Waals surface area (Å²) in [5.41, 5.74) is 7.14. The predicted octanol–water partition coefficient (Wildman–Crippen LogP) is 3.93. The Labute approximate surface area is 109 Å². The van der Waals surface area contributed by atoms with Gasteiger partial charge < -0.3 is 5.32 Å². The molecule has 1 unspecified atom stereocenters. The van der Waals surface area contributed by atoms with E-state index in [4.69, 9.17) is 0 Å². The minimum absolute atomic E-state index is 0.424. The van der Waals surface area contributed by atoms with Crippen molar-refractivity contribution in [2.75, 3.05) is 6.54 Å². The van der Waals surface area contributed by atoms with Crippen molar-refractivity contribution < 1.29 is 0 Å². The first-order valence-corrected chi connectivity index (χ1v) is 6.74. The highest BCUT2D eigenvalue weighted by Gasteiger charge is 2.18. The summed E-state index contributed by atoms with van der Waals surface area (Å²) in [6, 6.07) is 16.1. The Hall–Kier alpha value is -1.60. The van der Waals surface area contributed by atoms with Crippen molar-refractivity contribution in [2.45, 2.75) is 26.3 Å². The van der Waals surface area contributed by atoms with Crippen LogP contribution in [0.5, 0.6) is 0 Å². The molecule has 1 heteroatoms. The van der Waals surface area contributed by atoms with Gasteiger partial charge in [0.2, 0.25) is 0 Å². The summed E-state index contributed by atoms with van der Waals surface area (Å²) < 4.78 is 0.